The molecule has 0 heterocycles. The molecule has 0 aromatic carbocycles. The van der Waals surface area contributed by atoms with Gasteiger partial charge in [-0.05, 0) is 6.92 Å². The van der Waals surface area contributed by atoms with Gasteiger partial charge in [-0.15, -0.1) is 0 Å². The van der Waals surface area contributed by atoms with Crippen molar-refractivity contribution in [3.8, 4) is 0 Å². The Morgan fingerprint density at radius 2 is 2.30 bits per heavy atom. The number of aliphatic hydroxyl groups excluding tert-OH is 2. The summed E-state index contributed by atoms with van der Waals surface area (Å²) in [5, 5.41) is 21.2. The molecule has 0 saturated heterocycles. The van der Waals surface area contributed by atoms with Gasteiger partial charge in [0.25, 0.3) is 0 Å². The van der Waals surface area contributed by atoms with E-state index in [4.69, 9.17) is 10.2 Å². The normalized spacial score (nSPS) is 12.3. The average molecular weight is 147 g/mol. The summed E-state index contributed by atoms with van der Waals surface area (Å²) in [6.07, 6.45) is -1.20. The summed E-state index contributed by atoms with van der Waals surface area (Å²) in [5.74, 6) is 0. The maximum absolute atomic E-state index is 10.5. The van der Waals surface area contributed by atoms with Gasteiger partial charge in [0.2, 0.25) is 0 Å². The minimum atomic E-state index is -1.20. The van der Waals surface area contributed by atoms with Crippen molar-refractivity contribution >= 4 is 6.03 Å². The Morgan fingerprint density at radius 1 is 1.70 bits per heavy atom. The van der Waals surface area contributed by atoms with Gasteiger partial charge in [0.1, 0.15) is 0 Å². The van der Waals surface area contributed by atoms with Crippen LogP contribution in [0.15, 0.2) is 0 Å². The molecule has 0 fully saturated rings. The molecule has 0 aliphatic heterocycles. The van der Waals surface area contributed by atoms with Crippen molar-refractivity contribution in [2.24, 2.45) is 0 Å². The first-order valence-corrected chi connectivity index (χ1v) is 2.83. The molecule has 2 amide bonds. The molecule has 5 nitrogen and oxygen atoms in total. The number of nitrogens with one attached hydrogen (secondary N) is 2. The number of rotatable bonds is 3. The maximum atomic E-state index is 10.5. The van der Waals surface area contributed by atoms with E-state index in [-0.39, 0.29) is 6.54 Å². The number of hydrogen-bond acceptors (Lipinski definition) is 3. The molecule has 10 heavy (non-hydrogen) atoms. The second-order valence-electron chi connectivity index (χ2n) is 1.60. The van der Waals surface area contributed by atoms with Gasteiger partial charge < -0.3 is 20.8 Å². The van der Waals surface area contributed by atoms with Crippen molar-refractivity contribution in [2.45, 2.75) is 6.23 Å². The lowest BCUT2D eigenvalue weighted by atomic mass is 10.6. The van der Waals surface area contributed by atoms with E-state index in [2.05, 4.69) is 12.2 Å². The fourth-order valence-corrected chi connectivity index (χ4v) is 0.362. The molecule has 0 aromatic heterocycles. The van der Waals surface area contributed by atoms with Crippen molar-refractivity contribution in [1.82, 2.24) is 10.6 Å². The molecule has 0 aromatic rings. The van der Waals surface area contributed by atoms with Crippen molar-refractivity contribution < 1.29 is 15.0 Å². The van der Waals surface area contributed by atoms with E-state index in [0.717, 1.165) is 0 Å². The highest BCUT2D eigenvalue weighted by Crippen LogP contribution is 1.72. The minimum absolute atomic E-state index is 0.240. The highest BCUT2D eigenvalue weighted by molar-refractivity contribution is 5.73. The summed E-state index contributed by atoms with van der Waals surface area (Å²) in [6, 6.07) is -0.545. The van der Waals surface area contributed by atoms with Gasteiger partial charge in [-0.25, -0.2) is 4.79 Å². The number of amides is 2. The quantitative estimate of drug-likeness (QED) is 0.364. The lowest BCUT2D eigenvalue weighted by molar-refractivity contribution is 0.0754. The van der Waals surface area contributed by atoms with E-state index in [9.17, 15) is 4.79 Å². The van der Waals surface area contributed by atoms with Gasteiger partial charge in [0.15, 0.2) is 6.23 Å². The van der Waals surface area contributed by atoms with Crippen LogP contribution in [0.5, 0.6) is 0 Å². The predicted octanol–water partition coefficient (Wildman–Crippen LogP) is -1.57. The van der Waals surface area contributed by atoms with Gasteiger partial charge in [0.05, 0.1) is 6.61 Å². The standard InChI is InChI=1S/C5H11N2O3/c1-2-6-5(10)7-4(9)3-8/h4,8-9H,1-3H2,(H2,6,7,10). The second-order valence-corrected chi connectivity index (χ2v) is 1.60. The van der Waals surface area contributed by atoms with Crippen LogP contribution in [0, 0.1) is 6.92 Å². The van der Waals surface area contributed by atoms with Crippen molar-refractivity contribution in [3.05, 3.63) is 6.92 Å². The second kappa shape index (κ2) is 5.01. The summed E-state index contributed by atoms with van der Waals surface area (Å²) < 4.78 is 0. The summed E-state index contributed by atoms with van der Waals surface area (Å²) >= 11 is 0. The minimum Gasteiger partial charge on any atom is -0.392 e. The monoisotopic (exact) mass is 147 g/mol. The van der Waals surface area contributed by atoms with Crippen LogP contribution in [0.25, 0.3) is 0 Å². The van der Waals surface area contributed by atoms with Crippen LogP contribution >= 0.6 is 0 Å². The zero-order valence-electron chi connectivity index (χ0n) is 5.50. The number of aliphatic hydroxyl groups is 2. The molecule has 59 valence electrons. The van der Waals surface area contributed by atoms with E-state index in [1.807, 2.05) is 5.32 Å². The van der Waals surface area contributed by atoms with Crippen molar-refractivity contribution in [3.63, 3.8) is 0 Å². The summed E-state index contributed by atoms with van der Waals surface area (Å²) in [5.41, 5.74) is 0. The molecule has 5 heteroatoms. The number of hydrogen-bond donors (Lipinski definition) is 4. The van der Waals surface area contributed by atoms with Crippen LogP contribution in [0.2, 0.25) is 0 Å². The van der Waals surface area contributed by atoms with E-state index >= 15 is 0 Å². The first kappa shape index (κ1) is 9.19. The number of carbonyl (C=O) groups is 1. The molecule has 0 bridgehead atoms. The molecule has 0 spiro atoms. The van der Waals surface area contributed by atoms with Crippen molar-refractivity contribution in [1.29, 1.82) is 0 Å². The molecule has 0 aliphatic carbocycles. The first-order chi connectivity index (χ1) is 4.70. The summed E-state index contributed by atoms with van der Waals surface area (Å²) in [4.78, 5) is 10.5. The zero-order chi connectivity index (χ0) is 7.98. The van der Waals surface area contributed by atoms with Crippen LogP contribution in [-0.4, -0.2) is 35.6 Å². The largest absolute Gasteiger partial charge is 0.392 e. The first-order valence-electron chi connectivity index (χ1n) is 2.83. The highest BCUT2D eigenvalue weighted by Gasteiger charge is 2.03. The molecule has 1 radical (unpaired) electrons. The molecule has 0 saturated carbocycles. The van der Waals surface area contributed by atoms with E-state index < -0.39 is 18.9 Å². The van der Waals surface area contributed by atoms with Crippen LogP contribution in [-0.2, 0) is 0 Å². The smallest absolute Gasteiger partial charge is 0.316 e. The fourth-order valence-electron chi connectivity index (χ4n) is 0.362. The molecule has 0 rings (SSSR count). The molecular formula is C5H11N2O3. The van der Waals surface area contributed by atoms with E-state index in [1.54, 1.807) is 0 Å². The van der Waals surface area contributed by atoms with Gasteiger partial charge in [-0.2, -0.15) is 0 Å². The van der Waals surface area contributed by atoms with Gasteiger partial charge in [-0.3, -0.25) is 0 Å². The van der Waals surface area contributed by atoms with Crippen LogP contribution < -0.4 is 10.6 Å². The Bertz CT molecular complexity index is 107. The van der Waals surface area contributed by atoms with Crippen LogP contribution in [0.4, 0.5) is 4.79 Å². The molecule has 1 unspecified atom stereocenters. The Hall–Kier alpha value is -0.810. The number of urea groups is 1. The molecule has 1 atom stereocenters. The van der Waals surface area contributed by atoms with Crippen molar-refractivity contribution in [2.75, 3.05) is 13.2 Å². The van der Waals surface area contributed by atoms with E-state index in [1.165, 1.54) is 0 Å². The third-order valence-corrected chi connectivity index (χ3v) is 0.756. The van der Waals surface area contributed by atoms with Crippen LogP contribution in [0.1, 0.15) is 0 Å². The molecule has 0 aliphatic rings. The lowest BCUT2D eigenvalue weighted by Gasteiger charge is -2.09. The third-order valence-electron chi connectivity index (χ3n) is 0.756. The van der Waals surface area contributed by atoms with Gasteiger partial charge in [0, 0.05) is 6.54 Å². The topological polar surface area (TPSA) is 81.6 Å². The van der Waals surface area contributed by atoms with E-state index in [0.29, 0.717) is 0 Å². The Kier molecular flexibility index (Phi) is 4.61. The Morgan fingerprint density at radius 3 is 2.70 bits per heavy atom. The average Bonchev–Trinajstić information content (AvgIpc) is 1.88. The fraction of sp³-hybridized carbons (Fsp3) is 0.600. The van der Waals surface area contributed by atoms with Crippen LogP contribution in [0.3, 0.4) is 0 Å². The Labute approximate surface area is 59.0 Å². The molecule has 4 N–H and O–H groups in total. The SMILES string of the molecule is [CH2]CNC(=O)NC(O)CO. The summed E-state index contributed by atoms with van der Waals surface area (Å²) in [6.45, 7) is 3.09. The zero-order valence-corrected chi connectivity index (χ0v) is 5.50. The van der Waals surface area contributed by atoms with Gasteiger partial charge in [-0.1, -0.05) is 0 Å². The molecular weight excluding hydrogens is 136 g/mol. The summed E-state index contributed by atoms with van der Waals surface area (Å²) in [7, 11) is 0. The lowest BCUT2D eigenvalue weighted by Crippen LogP contribution is -2.43. The maximum Gasteiger partial charge on any atom is 0.316 e. The highest BCUT2D eigenvalue weighted by atomic mass is 16.3. The number of carbonyl (C=O) groups excluding carboxylic acids is 1. The van der Waals surface area contributed by atoms with Gasteiger partial charge >= 0.3 is 6.03 Å². The predicted molar refractivity (Wildman–Crippen MR) is 35.0 cm³/mol. The third kappa shape index (κ3) is 4.11. The Balaban J connectivity index is 3.37.